The summed E-state index contributed by atoms with van der Waals surface area (Å²) in [5.74, 6) is 1.82. The Kier molecular flexibility index (Phi) is 5.50. The predicted octanol–water partition coefficient (Wildman–Crippen LogP) is 3.28. The van der Waals surface area contributed by atoms with Crippen molar-refractivity contribution >= 4 is 0 Å². The van der Waals surface area contributed by atoms with E-state index in [1.165, 1.54) is 58.2 Å². The lowest BCUT2D eigenvalue weighted by atomic mass is 9.79. The van der Waals surface area contributed by atoms with Crippen LogP contribution in [0.5, 0.6) is 0 Å². The maximum Gasteiger partial charge on any atom is 0.0195 e. The molecule has 0 bridgehead atoms. The summed E-state index contributed by atoms with van der Waals surface area (Å²) in [6, 6.07) is 1.59. The molecule has 106 valence electrons. The van der Waals surface area contributed by atoms with Crippen LogP contribution in [0.15, 0.2) is 0 Å². The summed E-state index contributed by atoms with van der Waals surface area (Å²) < 4.78 is 0. The predicted molar refractivity (Wildman–Crippen MR) is 78.9 cm³/mol. The number of likely N-dealkylation sites (N-methyl/N-ethyl adjacent to an activating group) is 1. The molecule has 2 rings (SSSR count). The van der Waals surface area contributed by atoms with Crippen LogP contribution < -0.4 is 5.32 Å². The molecule has 1 N–H and O–H groups in total. The highest BCUT2D eigenvalue weighted by atomic mass is 15.2. The Balaban J connectivity index is 1.89. The zero-order valence-electron chi connectivity index (χ0n) is 12.6. The van der Waals surface area contributed by atoms with Gasteiger partial charge in [-0.3, -0.25) is 4.90 Å². The van der Waals surface area contributed by atoms with Crippen molar-refractivity contribution in [3.63, 3.8) is 0 Å². The Labute approximate surface area is 114 Å². The van der Waals surface area contributed by atoms with Crippen LogP contribution >= 0.6 is 0 Å². The first-order chi connectivity index (χ1) is 8.70. The largest absolute Gasteiger partial charge is 0.313 e. The number of hydrogen-bond acceptors (Lipinski definition) is 2. The Morgan fingerprint density at radius 3 is 2.61 bits per heavy atom. The average Bonchev–Trinajstić information content (AvgIpc) is 2.40. The van der Waals surface area contributed by atoms with E-state index in [1.807, 2.05) is 0 Å². The molecule has 4 unspecified atom stereocenters. The van der Waals surface area contributed by atoms with Gasteiger partial charge in [-0.15, -0.1) is 0 Å². The quantitative estimate of drug-likeness (QED) is 0.826. The van der Waals surface area contributed by atoms with Gasteiger partial charge in [-0.1, -0.05) is 33.6 Å². The van der Waals surface area contributed by atoms with Gasteiger partial charge in [0.2, 0.25) is 0 Å². The Morgan fingerprint density at radius 2 is 1.94 bits per heavy atom. The molecule has 18 heavy (non-hydrogen) atoms. The van der Waals surface area contributed by atoms with Gasteiger partial charge in [-0.2, -0.15) is 0 Å². The minimum Gasteiger partial charge on any atom is -0.313 e. The van der Waals surface area contributed by atoms with E-state index < -0.39 is 0 Å². The summed E-state index contributed by atoms with van der Waals surface area (Å²) in [4.78, 5) is 2.77. The molecule has 1 aliphatic heterocycles. The van der Waals surface area contributed by atoms with Gasteiger partial charge in [0.25, 0.3) is 0 Å². The van der Waals surface area contributed by atoms with Crippen LogP contribution in [0, 0.1) is 11.8 Å². The zero-order valence-corrected chi connectivity index (χ0v) is 12.6. The molecule has 1 aliphatic carbocycles. The summed E-state index contributed by atoms with van der Waals surface area (Å²) in [6.07, 6.45) is 8.47. The van der Waals surface area contributed by atoms with Gasteiger partial charge in [-0.25, -0.2) is 0 Å². The highest BCUT2D eigenvalue weighted by Gasteiger charge is 2.30. The summed E-state index contributed by atoms with van der Waals surface area (Å²) in [7, 11) is 0. The first-order valence-corrected chi connectivity index (χ1v) is 8.18. The van der Waals surface area contributed by atoms with Gasteiger partial charge in [0, 0.05) is 18.6 Å². The fourth-order valence-corrected chi connectivity index (χ4v) is 3.87. The monoisotopic (exact) mass is 252 g/mol. The van der Waals surface area contributed by atoms with Crippen LogP contribution in [-0.4, -0.2) is 36.6 Å². The van der Waals surface area contributed by atoms with Gasteiger partial charge in [-0.05, 0) is 50.6 Å². The molecule has 2 fully saturated rings. The fraction of sp³-hybridized carbons (Fsp3) is 1.00. The van der Waals surface area contributed by atoms with E-state index in [0.717, 1.165) is 23.9 Å². The summed E-state index contributed by atoms with van der Waals surface area (Å²) in [5, 5.41) is 3.71. The first-order valence-electron chi connectivity index (χ1n) is 8.18. The lowest BCUT2D eigenvalue weighted by Gasteiger charge is -2.42. The highest BCUT2D eigenvalue weighted by Crippen LogP contribution is 2.32. The molecule has 0 aromatic heterocycles. The van der Waals surface area contributed by atoms with Gasteiger partial charge in [0.05, 0.1) is 0 Å². The second-order valence-electron chi connectivity index (χ2n) is 6.70. The van der Waals surface area contributed by atoms with Crippen LogP contribution in [0.4, 0.5) is 0 Å². The van der Waals surface area contributed by atoms with Gasteiger partial charge in [0.15, 0.2) is 0 Å². The van der Waals surface area contributed by atoms with Crippen molar-refractivity contribution in [3.8, 4) is 0 Å². The second kappa shape index (κ2) is 6.91. The lowest BCUT2D eigenvalue weighted by molar-refractivity contribution is 0.0825. The van der Waals surface area contributed by atoms with Crippen LogP contribution in [-0.2, 0) is 0 Å². The maximum atomic E-state index is 3.71. The zero-order chi connectivity index (χ0) is 13.0. The van der Waals surface area contributed by atoms with Gasteiger partial charge >= 0.3 is 0 Å². The van der Waals surface area contributed by atoms with Gasteiger partial charge < -0.3 is 5.32 Å². The molecule has 1 saturated heterocycles. The minimum absolute atomic E-state index is 0.753. The van der Waals surface area contributed by atoms with Crippen LogP contribution in [0.3, 0.4) is 0 Å². The number of rotatable bonds is 4. The molecule has 0 aromatic carbocycles. The minimum atomic E-state index is 0.753. The van der Waals surface area contributed by atoms with Crippen molar-refractivity contribution in [2.75, 3.05) is 19.6 Å². The van der Waals surface area contributed by atoms with Crippen LogP contribution in [0.1, 0.15) is 59.3 Å². The van der Waals surface area contributed by atoms with Crippen LogP contribution in [0.25, 0.3) is 0 Å². The van der Waals surface area contributed by atoms with E-state index in [1.54, 1.807) is 0 Å². The Bertz CT molecular complexity index is 235. The van der Waals surface area contributed by atoms with Crippen molar-refractivity contribution in [1.29, 1.82) is 0 Å². The Morgan fingerprint density at radius 1 is 1.11 bits per heavy atom. The van der Waals surface area contributed by atoms with E-state index in [4.69, 9.17) is 0 Å². The lowest BCUT2D eigenvalue weighted by Crippen LogP contribution is -2.50. The molecular weight excluding hydrogens is 220 g/mol. The summed E-state index contributed by atoms with van der Waals surface area (Å²) in [6.45, 7) is 11.0. The second-order valence-corrected chi connectivity index (χ2v) is 6.70. The fourth-order valence-electron chi connectivity index (χ4n) is 3.87. The van der Waals surface area contributed by atoms with E-state index in [0.29, 0.717) is 0 Å². The highest BCUT2D eigenvalue weighted by molar-refractivity contribution is 4.86. The molecule has 0 spiro atoms. The van der Waals surface area contributed by atoms with Crippen molar-refractivity contribution in [1.82, 2.24) is 10.2 Å². The van der Waals surface area contributed by atoms with E-state index in [9.17, 15) is 0 Å². The molecule has 0 radical (unpaired) electrons. The molecule has 4 atom stereocenters. The smallest absolute Gasteiger partial charge is 0.0195 e. The van der Waals surface area contributed by atoms with Crippen LogP contribution in [0.2, 0.25) is 0 Å². The molecule has 2 heteroatoms. The van der Waals surface area contributed by atoms with Crippen molar-refractivity contribution in [2.45, 2.75) is 71.4 Å². The molecular formula is C16H32N2. The third-order valence-electron chi connectivity index (χ3n) is 5.16. The topological polar surface area (TPSA) is 15.3 Å². The third kappa shape index (κ3) is 3.71. The molecule has 0 aromatic rings. The molecule has 1 heterocycles. The Hall–Kier alpha value is -0.0800. The van der Waals surface area contributed by atoms with Gasteiger partial charge in [0.1, 0.15) is 0 Å². The molecule has 0 amide bonds. The number of piperidine rings is 1. The van der Waals surface area contributed by atoms with Crippen molar-refractivity contribution in [2.24, 2.45) is 11.8 Å². The number of hydrogen-bond donors (Lipinski definition) is 1. The first kappa shape index (κ1) is 14.3. The average molecular weight is 252 g/mol. The summed E-state index contributed by atoms with van der Waals surface area (Å²) in [5.41, 5.74) is 0. The van der Waals surface area contributed by atoms with E-state index in [2.05, 4.69) is 31.0 Å². The number of nitrogens with one attached hydrogen (secondary N) is 1. The van der Waals surface area contributed by atoms with E-state index >= 15 is 0 Å². The summed E-state index contributed by atoms with van der Waals surface area (Å²) >= 11 is 0. The van der Waals surface area contributed by atoms with Crippen molar-refractivity contribution < 1.29 is 0 Å². The standard InChI is InChI=1S/C16H32N2/c1-4-18(12-15-7-5-6-10-17-15)16-11-13(2)8-9-14(16)3/h13-17H,4-12H2,1-3H3. The maximum absolute atomic E-state index is 3.71. The van der Waals surface area contributed by atoms with E-state index in [-0.39, 0.29) is 0 Å². The number of nitrogens with zero attached hydrogens (tertiary/aromatic N) is 1. The SMILES string of the molecule is CCN(CC1CCCCN1)C1CC(C)CCC1C. The third-order valence-corrected chi connectivity index (χ3v) is 5.16. The normalized spacial score (nSPS) is 38.0. The molecule has 1 saturated carbocycles. The van der Waals surface area contributed by atoms with Crippen molar-refractivity contribution in [3.05, 3.63) is 0 Å². The molecule has 2 aliphatic rings. The molecule has 2 nitrogen and oxygen atoms in total.